The van der Waals surface area contributed by atoms with Gasteiger partial charge in [-0.15, -0.1) is 0 Å². The molecule has 0 saturated carbocycles. The normalized spacial score (nSPS) is 13.9. The smallest absolute Gasteiger partial charge is 0.156 e. The summed E-state index contributed by atoms with van der Waals surface area (Å²) in [6, 6.07) is 7.97. The second-order valence-corrected chi connectivity index (χ2v) is 4.89. The minimum Gasteiger partial charge on any atom is -0.496 e. The summed E-state index contributed by atoms with van der Waals surface area (Å²) >= 11 is 0. The molecule has 0 heterocycles. The summed E-state index contributed by atoms with van der Waals surface area (Å²) < 4.78 is 22.5. The van der Waals surface area contributed by atoms with Gasteiger partial charge >= 0.3 is 0 Å². The topological polar surface area (TPSA) is 36.9 Å². The van der Waals surface area contributed by atoms with Gasteiger partial charge in [0.1, 0.15) is 17.3 Å². The van der Waals surface area contributed by atoms with E-state index >= 15 is 0 Å². The first kappa shape index (κ1) is 14.7. The van der Waals surface area contributed by atoms with E-state index in [2.05, 4.69) is 0 Å². The van der Waals surface area contributed by atoms with Gasteiger partial charge in [-0.3, -0.25) is 0 Å². The average molecular weight is 299 g/mol. The van der Waals surface area contributed by atoms with Crippen LogP contribution in [-0.2, 0) is 9.47 Å². The Bertz CT molecular complexity index is 728. The van der Waals surface area contributed by atoms with Crippen molar-refractivity contribution in [3.63, 3.8) is 0 Å². The van der Waals surface area contributed by atoms with Gasteiger partial charge in [-0.1, -0.05) is 12.1 Å². The van der Waals surface area contributed by atoms with Gasteiger partial charge in [-0.05, 0) is 30.5 Å². The maximum atomic E-state index is 5.82. The molecule has 2 aromatic rings. The lowest BCUT2D eigenvalue weighted by Crippen LogP contribution is -2.12. The van der Waals surface area contributed by atoms with Crippen molar-refractivity contribution in [2.45, 2.75) is 6.92 Å². The van der Waals surface area contributed by atoms with Gasteiger partial charge in [-0.25, -0.2) is 0 Å². The summed E-state index contributed by atoms with van der Waals surface area (Å²) in [5.74, 6) is 2.27. The number of benzene rings is 2. The van der Waals surface area contributed by atoms with Crippen LogP contribution >= 0.6 is 0 Å². The van der Waals surface area contributed by atoms with E-state index in [0.717, 1.165) is 45.3 Å². The molecule has 0 aliphatic heterocycles. The molecule has 0 saturated heterocycles. The van der Waals surface area contributed by atoms with E-state index in [0.29, 0.717) is 6.61 Å². The van der Waals surface area contributed by atoms with Crippen LogP contribution in [-0.4, -0.2) is 27.9 Å². The van der Waals surface area contributed by atoms with E-state index in [9.17, 15) is 0 Å². The van der Waals surface area contributed by atoms with E-state index in [-0.39, 0.29) is 0 Å². The van der Waals surface area contributed by atoms with E-state index in [4.69, 9.17) is 18.9 Å². The zero-order valence-corrected chi connectivity index (χ0v) is 13.2. The van der Waals surface area contributed by atoms with Gasteiger partial charge in [0.05, 0.1) is 26.9 Å². The quantitative estimate of drug-likeness (QED) is 0.842. The van der Waals surface area contributed by atoms with Crippen LogP contribution in [0.3, 0.4) is 0 Å². The average Bonchev–Trinajstić information content (AvgIpc) is 2.57. The van der Waals surface area contributed by atoms with E-state index in [1.165, 1.54) is 0 Å². The summed E-state index contributed by atoms with van der Waals surface area (Å²) in [4.78, 5) is 0. The lowest BCUT2D eigenvalue weighted by Gasteiger charge is -2.26. The number of hydrogen-bond acceptors (Lipinski definition) is 4. The first-order chi connectivity index (χ1) is 10.7. The monoisotopic (exact) mass is 299 g/mol. The molecular weight excluding hydrogens is 280 g/mol. The van der Waals surface area contributed by atoms with Gasteiger partial charge < -0.3 is 18.9 Å². The van der Waals surface area contributed by atoms with Crippen LogP contribution < -0.4 is 9.47 Å². The first-order valence-electron chi connectivity index (χ1n) is 7.19. The molecule has 0 atom stereocenters. The molecular formula is C18H19O4. The Balaban J connectivity index is 2.40. The van der Waals surface area contributed by atoms with Crippen LogP contribution in [0.5, 0.6) is 11.5 Å². The molecule has 4 heteroatoms. The third-order valence-electron chi connectivity index (χ3n) is 3.82. The molecule has 0 unspecified atom stereocenters. The summed E-state index contributed by atoms with van der Waals surface area (Å²) in [7, 11) is 4.97. The van der Waals surface area contributed by atoms with Crippen LogP contribution in [0.2, 0.25) is 0 Å². The summed E-state index contributed by atoms with van der Waals surface area (Å²) in [5, 5.41) is 2.12. The second-order valence-electron chi connectivity index (χ2n) is 4.89. The van der Waals surface area contributed by atoms with Crippen LogP contribution in [0.15, 0.2) is 30.3 Å². The molecule has 0 N–H and O–H groups in total. The molecule has 3 rings (SSSR count). The van der Waals surface area contributed by atoms with Gasteiger partial charge in [-0.2, -0.15) is 0 Å². The third-order valence-corrected chi connectivity index (χ3v) is 3.82. The summed E-state index contributed by atoms with van der Waals surface area (Å²) in [6.45, 7) is 2.53. The van der Waals surface area contributed by atoms with Crippen molar-refractivity contribution in [1.82, 2.24) is 0 Å². The van der Waals surface area contributed by atoms with Gasteiger partial charge in [0.15, 0.2) is 6.10 Å². The maximum Gasteiger partial charge on any atom is 0.156 e. The predicted molar refractivity (Wildman–Crippen MR) is 86.0 cm³/mol. The SMILES string of the molecule is CCO[C]1C=C(OC)c2c(OC)ccc3ccc(OC)c1c23. The van der Waals surface area contributed by atoms with Crippen molar-refractivity contribution in [2.24, 2.45) is 0 Å². The standard InChI is InChI=1S/C18H19O4/c1-5-22-15-10-14(21-4)17-12(19-2)8-6-11-7-9-13(20-3)18(15)16(11)17/h6-10H,5H2,1-4H3. The molecule has 2 aromatic carbocycles. The van der Waals surface area contributed by atoms with Crippen molar-refractivity contribution in [1.29, 1.82) is 0 Å². The minimum absolute atomic E-state index is 0.571. The van der Waals surface area contributed by atoms with Crippen molar-refractivity contribution >= 4 is 16.5 Å². The highest BCUT2D eigenvalue weighted by atomic mass is 16.5. The van der Waals surface area contributed by atoms with Crippen LogP contribution in [0.25, 0.3) is 16.5 Å². The molecule has 22 heavy (non-hydrogen) atoms. The fourth-order valence-corrected chi connectivity index (χ4v) is 2.90. The Morgan fingerprint density at radius 3 is 2.00 bits per heavy atom. The van der Waals surface area contributed by atoms with Crippen LogP contribution in [0.4, 0.5) is 0 Å². The zero-order valence-electron chi connectivity index (χ0n) is 13.2. The van der Waals surface area contributed by atoms with Gasteiger partial charge in [0.2, 0.25) is 0 Å². The Hall–Kier alpha value is -2.20. The Kier molecular flexibility index (Phi) is 3.94. The highest BCUT2D eigenvalue weighted by molar-refractivity contribution is 6.02. The zero-order chi connectivity index (χ0) is 15.7. The summed E-state index contributed by atoms with van der Waals surface area (Å²) in [5.41, 5.74) is 1.87. The lowest BCUT2D eigenvalue weighted by molar-refractivity contribution is 0.192. The van der Waals surface area contributed by atoms with E-state index in [1.54, 1.807) is 21.3 Å². The molecule has 0 fully saturated rings. The van der Waals surface area contributed by atoms with Crippen LogP contribution in [0.1, 0.15) is 18.1 Å². The molecule has 0 spiro atoms. The Morgan fingerprint density at radius 1 is 0.818 bits per heavy atom. The fourth-order valence-electron chi connectivity index (χ4n) is 2.90. The maximum absolute atomic E-state index is 5.82. The van der Waals surface area contributed by atoms with Crippen molar-refractivity contribution < 1.29 is 18.9 Å². The largest absolute Gasteiger partial charge is 0.496 e. The molecule has 1 radical (unpaired) electrons. The second kappa shape index (κ2) is 5.89. The minimum atomic E-state index is 0.571. The van der Waals surface area contributed by atoms with Crippen molar-refractivity contribution in [3.8, 4) is 11.5 Å². The highest BCUT2D eigenvalue weighted by Gasteiger charge is 2.30. The first-order valence-corrected chi connectivity index (χ1v) is 7.19. The van der Waals surface area contributed by atoms with Gasteiger partial charge in [0.25, 0.3) is 0 Å². The molecule has 0 bridgehead atoms. The van der Waals surface area contributed by atoms with E-state index < -0.39 is 0 Å². The molecule has 1 aliphatic carbocycles. The van der Waals surface area contributed by atoms with Crippen molar-refractivity contribution in [3.05, 3.63) is 47.6 Å². The fraction of sp³-hybridized carbons (Fsp3) is 0.278. The summed E-state index contributed by atoms with van der Waals surface area (Å²) in [6.07, 6.45) is 2.65. The molecule has 0 aromatic heterocycles. The number of rotatable bonds is 5. The predicted octanol–water partition coefficient (Wildman–Crippen LogP) is 3.77. The third kappa shape index (κ3) is 2.11. The Morgan fingerprint density at radius 2 is 1.45 bits per heavy atom. The number of methoxy groups -OCH3 is 3. The van der Waals surface area contributed by atoms with Gasteiger partial charge in [0, 0.05) is 17.6 Å². The van der Waals surface area contributed by atoms with Crippen molar-refractivity contribution in [2.75, 3.05) is 27.9 Å². The molecule has 1 aliphatic rings. The molecule has 115 valence electrons. The highest BCUT2D eigenvalue weighted by Crippen LogP contribution is 2.46. The number of hydrogen-bond donors (Lipinski definition) is 0. The Labute approximate surface area is 130 Å². The number of ether oxygens (including phenoxy) is 4. The lowest BCUT2D eigenvalue weighted by atomic mass is 9.88. The van der Waals surface area contributed by atoms with E-state index in [1.807, 2.05) is 37.3 Å². The molecule has 4 nitrogen and oxygen atoms in total. The molecule has 0 amide bonds. The van der Waals surface area contributed by atoms with Crippen LogP contribution in [0, 0.1) is 6.10 Å².